The molecule has 6 heteroatoms. The van der Waals surface area contributed by atoms with E-state index in [1.54, 1.807) is 30.3 Å². The Bertz CT molecular complexity index is 1240. The van der Waals surface area contributed by atoms with Gasteiger partial charge in [0.05, 0.1) is 18.2 Å². The van der Waals surface area contributed by atoms with Gasteiger partial charge in [-0.25, -0.2) is 0 Å². The summed E-state index contributed by atoms with van der Waals surface area (Å²) in [5, 5.41) is 21.5. The first-order chi connectivity index (χ1) is 16.6. The van der Waals surface area contributed by atoms with Crippen LogP contribution >= 0.6 is 0 Å². The fourth-order valence-electron chi connectivity index (χ4n) is 3.29. The van der Waals surface area contributed by atoms with Crippen LogP contribution in [0.4, 0.5) is 0 Å². The number of amides is 1. The summed E-state index contributed by atoms with van der Waals surface area (Å²) in [5.74, 6) is 0.579. The maximum absolute atomic E-state index is 12.5. The van der Waals surface area contributed by atoms with Crippen molar-refractivity contribution in [2.75, 3.05) is 13.2 Å². The Labute approximate surface area is 199 Å². The lowest BCUT2D eigenvalue weighted by Gasteiger charge is -2.13. The Balaban J connectivity index is 1.70. The normalized spacial score (nSPS) is 10.6. The van der Waals surface area contributed by atoms with Crippen LogP contribution in [0, 0.1) is 22.7 Å². The van der Waals surface area contributed by atoms with E-state index in [-0.39, 0.29) is 12.2 Å². The van der Waals surface area contributed by atoms with Crippen molar-refractivity contribution in [1.82, 2.24) is 5.32 Å². The standard InChI is InChI=1S/C28H25N3O3/c1-2-33-27-17-22(12-13-26(27)34-20-24-11-7-6-10-23(24)18-29)16-25(19-30)28(32)31-15-14-21-8-4-3-5-9-21/h3-13,16-17H,2,14-15,20H2,1H3,(H,31,32)/b25-16+. The third-order valence-electron chi connectivity index (χ3n) is 5.01. The molecule has 170 valence electrons. The van der Waals surface area contributed by atoms with Crippen molar-refractivity contribution < 1.29 is 14.3 Å². The Morgan fingerprint density at radius 2 is 1.74 bits per heavy atom. The summed E-state index contributed by atoms with van der Waals surface area (Å²) in [6.45, 7) is 2.93. The average Bonchev–Trinajstić information content (AvgIpc) is 2.87. The Morgan fingerprint density at radius 1 is 0.971 bits per heavy atom. The van der Waals surface area contributed by atoms with Gasteiger partial charge in [0.15, 0.2) is 11.5 Å². The van der Waals surface area contributed by atoms with Gasteiger partial charge in [-0.3, -0.25) is 4.79 Å². The van der Waals surface area contributed by atoms with Crippen LogP contribution in [-0.2, 0) is 17.8 Å². The van der Waals surface area contributed by atoms with Crippen molar-refractivity contribution in [3.63, 3.8) is 0 Å². The van der Waals surface area contributed by atoms with Gasteiger partial charge in [-0.05, 0) is 48.7 Å². The molecule has 0 saturated carbocycles. The number of hydrogen-bond donors (Lipinski definition) is 1. The van der Waals surface area contributed by atoms with Crippen molar-refractivity contribution in [3.8, 4) is 23.6 Å². The second kappa shape index (κ2) is 12.5. The number of nitriles is 2. The Morgan fingerprint density at radius 3 is 2.47 bits per heavy atom. The molecule has 0 unspecified atom stereocenters. The molecule has 0 radical (unpaired) electrons. The molecule has 0 aliphatic carbocycles. The minimum atomic E-state index is -0.426. The molecule has 0 aliphatic heterocycles. The first-order valence-electron chi connectivity index (χ1n) is 11.0. The molecule has 0 fully saturated rings. The highest BCUT2D eigenvalue weighted by Crippen LogP contribution is 2.30. The molecule has 34 heavy (non-hydrogen) atoms. The topological polar surface area (TPSA) is 95.1 Å². The van der Waals surface area contributed by atoms with E-state index < -0.39 is 5.91 Å². The molecule has 0 spiro atoms. The summed E-state index contributed by atoms with van der Waals surface area (Å²) in [5.41, 5.74) is 3.09. The minimum Gasteiger partial charge on any atom is -0.490 e. The van der Waals surface area contributed by atoms with Gasteiger partial charge in [0.25, 0.3) is 5.91 Å². The van der Waals surface area contributed by atoms with Gasteiger partial charge < -0.3 is 14.8 Å². The number of rotatable bonds is 10. The SMILES string of the molecule is CCOc1cc(/C=C(\C#N)C(=O)NCCc2ccccc2)ccc1OCc1ccccc1C#N. The molecule has 3 aromatic carbocycles. The van der Waals surface area contributed by atoms with E-state index >= 15 is 0 Å². The van der Waals surface area contributed by atoms with E-state index in [2.05, 4.69) is 11.4 Å². The van der Waals surface area contributed by atoms with E-state index in [1.807, 2.05) is 55.5 Å². The predicted molar refractivity (Wildman–Crippen MR) is 130 cm³/mol. The average molecular weight is 452 g/mol. The summed E-state index contributed by atoms with van der Waals surface area (Å²) in [6.07, 6.45) is 2.20. The van der Waals surface area contributed by atoms with Crippen LogP contribution in [0.5, 0.6) is 11.5 Å². The third kappa shape index (κ3) is 6.72. The highest BCUT2D eigenvalue weighted by molar-refractivity contribution is 6.01. The highest BCUT2D eigenvalue weighted by Gasteiger charge is 2.12. The molecule has 0 saturated heterocycles. The van der Waals surface area contributed by atoms with Gasteiger partial charge in [0, 0.05) is 12.1 Å². The smallest absolute Gasteiger partial charge is 0.261 e. The van der Waals surface area contributed by atoms with E-state index in [4.69, 9.17) is 9.47 Å². The third-order valence-corrected chi connectivity index (χ3v) is 5.01. The fraction of sp³-hybridized carbons (Fsp3) is 0.179. The lowest BCUT2D eigenvalue weighted by molar-refractivity contribution is -0.117. The maximum Gasteiger partial charge on any atom is 0.261 e. The van der Waals surface area contributed by atoms with E-state index in [1.165, 1.54) is 6.08 Å². The largest absolute Gasteiger partial charge is 0.490 e. The minimum absolute atomic E-state index is 0.00660. The Hall–Kier alpha value is -4.55. The van der Waals surface area contributed by atoms with Gasteiger partial charge in [-0.1, -0.05) is 54.6 Å². The monoisotopic (exact) mass is 451 g/mol. The number of hydrogen-bond acceptors (Lipinski definition) is 5. The van der Waals surface area contributed by atoms with E-state index in [0.29, 0.717) is 42.2 Å². The molecule has 0 heterocycles. The Kier molecular flexibility index (Phi) is 8.84. The zero-order chi connectivity index (χ0) is 24.2. The van der Waals surface area contributed by atoms with Crippen LogP contribution in [0.25, 0.3) is 6.08 Å². The maximum atomic E-state index is 12.5. The zero-order valence-corrected chi connectivity index (χ0v) is 19.0. The summed E-state index contributed by atoms with van der Waals surface area (Å²) in [6, 6.07) is 26.4. The van der Waals surface area contributed by atoms with Crippen LogP contribution in [0.2, 0.25) is 0 Å². The van der Waals surface area contributed by atoms with Gasteiger partial charge in [0.2, 0.25) is 0 Å². The number of nitrogens with one attached hydrogen (secondary N) is 1. The van der Waals surface area contributed by atoms with Crippen molar-refractivity contribution in [2.45, 2.75) is 20.0 Å². The molecule has 0 aromatic heterocycles. The van der Waals surface area contributed by atoms with E-state index in [0.717, 1.165) is 11.1 Å². The van der Waals surface area contributed by atoms with Gasteiger partial charge in [-0.2, -0.15) is 10.5 Å². The number of benzene rings is 3. The fourth-order valence-corrected chi connectivity index (χ4v) is 3.29. The molecule has 6 nitrogen and oxygen atoms in total. The van der Waals surface area contributed by atoms with Crippen molar-refractivity contribution in [3.05, 3.63) is 101 Å². The summed E-state index contributed by atoms with van der Waals surface area (Å²) < 4.78 is 11.6. The molecular formula is C28H25N3O3. The number of ether oxygens (including phenoxy) is 2. The second-order valence-electron chi connectivity index (χ2n) is 7.36. The van der Waals surface area contributed by atoms with Crippen LogP contribution in [0.1, 0.15) is 29.2 Å². The summed E-state index contributed by atoms with van der Waals surface area (Å²) >= 11 is 0. The lowest BCUT2D eigenvalue weighted by Crippen LogP contribution is -2.26. The molecule has 3 aromatic rings. The number of carbonyl (C=O) groups is 1. The van der Waals surface area contributed by atoms with Gasteiger partial charge in [-0.15, -0.1) is 0 Å². The van der Waals surface area contributed by atoms with Crippen molar-refractivity contribution >= 4 is 12.0 Å². The molecule has 1 N–H and O–H groups in total. The number of carbonyl (C=O) groups excluding carboxylic acids is 1. The second-order valence-corrected chi connectivity index (χ2v) is 7.36. The molecular weight excluding hydrogens is 426 g/mol. The van der Waals surface area contributed by atoms with Crippen LogP contribution in [0.15, 0.2) is 78.4 Å². The molecule has 0 bridgehead atoms. The molecule has 3 rings (SSSR count). The van der Waals surface area contributed by atoms with Crippen molar-refractivity contribution in [1.29, 1.82) is 10.5 Å². The molecule has 0 aliphatic rings. The van der Waals surface area contributed by atoms with Gasteiger partial charge >= 0.3 is 0 Å². The lowest BCUT2D eigenvalue weighted by atomic mass is 10.1. The van der Waals surface area contributed by atoms with Crippen molar-refractivity contribution in [2.24, 2.45) is 0 Å². The highest BCUT2D eigenvalue weighted by atomic mass is 16.5. The van der Waals surface area contributed by atoms with E-state index in [9.17, 15) is 15.3 Å². The molecule has 0 atom stereocenters. The molecule has 1 amide bonds. The van der Waals surface area contributed by atoms with Crippen LogP contribution < -0.4 is 14.8 Å². The summed E-state index contributed by atoms with van der Waals surface area (Å²) in [7, 11) is 0. The van der Waals surface area contributed by atoms with Crippen LogP contribution in [-0.4, -0.2) is 19.1 Å². The quantitative estimate of drug-likeness (QED) is 0.353. The predicted octanol–water partition coefficient (Wildman–Crippen LogP) is 4.80. The zero-order valence-electron chi connectivity index (χ0n) is 19.0. The first-order valence-corrected chi connectivity index (χ1v) is 11.0. The summed E-state index contributed by atoms with van der Waals surface area (Å²) in [4.78, 5) is 12.5. The van der Waals surface area contributed by atoms with Crippen LogP contribution in [0.3, 0.4) is 0 Å². The number of nitrogens with zero attached hydrogens (tertiary/aromatic N) is 2. The van der Waals surface area contributed by atoms with Gasteiger partial charge in [0.1, 0.15) is 18.2 Å². The first kappa shape index (κ1) is 24.1.